The molecule has 1 heterocycles. The van der Waals surface area contributed by atoms with E-state index in [1.165, 1.54) is 11.0 Å². The zero-order valence-corrected chi connectivity index (χ0v) is 20.7. The second-order valence-corrected chi connectivity index (χ2v) is 9.77. The third-order valence-electron chi connectivity index (χ3n) is 5.05. The summed E-state index contributed by atoms with van der Waals surface area (Å²) in [7, 11) is -3.41. The maximum atomic E-state index is 13.8. The Morgan fingerprint density at radius 3 is 2.12 bits per heavy atom. The Balaban J connectivity index is 2.13. The van der Waals surface area contributed by atoms with Gasteiger partial charge in [0.15, 0.2) is 21.3 Å². The molecule has 0 N–H and O–H groups in total. The first-order chi connectivity index (χ1) is 15.7. The number of ether oxygens (including phenoxy) is 3. The summed E-state index contributed by atoms with van der Waals surface area (Å²) < 4.78 is 41.5. The van der Waals surface area contributed by atoms with Crippen LogP contribution < -0.4 is 19.1 Å². The number of hydrogen-bond donors (Lipinski definition) is 0. The standard InChI is InChI=1S/C24H28ClNO6S/c1-5-30-21-12-17(13-22(31-6-2)23(21)32-7-3)24(27)26(19-10-11-33(28,29)15-19)18-9-8-16(4)20(25)14-18/h8-14,19H,5-7,15H2,1-4H3. The van der Waals surface area contributed by atoms with Crippen molar-refractivity contribution in [3.05, 3.63) is 58.0 Å². The molecule has 0 saturated carbocycles. The summed E-state index contributed by atoms with van der Waals surface area (Å²) in [5, 5.41) is 1.62. The Kier molecular flexibility index (Phi) is 7.92. The lowest BCUT2D eigenvalue weighted by Crippen LogP contribution is -2.41. The summed E-state index contributed by atoms with van der Waals surface area (Å²) >= 11 is 6.33. The fraction of sp³-hybridized carbons (Fsp3) is 0.375. The second-order valence-electron chi connectivity index (χ2n) is 7.43. The van der Waals surface area contributed by atoms with Gasteiger partial charge < -0.3 is 19.1 Å². The number of aryl methyl sites for hydroxylation is 1. The number of hydrogen-bond acceptors (Lipinski definition) is 6. The van der Waals surface area contributed by atoms with E-state index in [0.717, 1.165) is 11.0 Å². The highest BCUT2D eigenvalue weighted by molar-refractivity contribution is 7.94. The van der Waals surface area contributed by atoms with Crippen LogP contribution in [0.2, 0.25) is 5.02 Å². The van der Waals surface area contributed by atoms with E-state index in [-0.39, 0.29) is 11.3 Å². The molecule has 2 aromatic carbocycles. The van der Waals surface area contributed by atoms with Crippen LogP contribution in [0.25, 0.3) is 0 Å². The van der Waals surface area contributed by atoms with Crippen molar-refractivity contribution >= 4 is 33.0 Å². The van der Waals surface area contributed by atoms with Gasteiger partial charge in [-0.05, 0) is 63.6 Å². The molecule has 9 heteroatoms. The molecular formula is C24H28ClNO6S. The number of sulfone groups is 1. The molecule has 0 aromatic heterocycles. The van der Waals surface area contributed by atoms with E-state index < -0.39 is 21.8 Å². The van der Waals surface area contributed by atoms with Crippen LogP contribution in [0.15, 0.2) is 41.8 Å². The molecule has 7 nitrogen and oxygen atoms in total. The zero-order valence-electron chi connectivity index (χ0n) is 19.1. The molecular weight excluding hydrogens is 466 g/mol. The van der Waals surface area contributed by atoms with Crippen LogP contribution in [-0.4, -0.2) is 45.9 Å². The van der Waals surface area contributed by atoms with Gasteiger partial charge in [0, 0.05) is 21.7 Å². The molecule has 2 aromatic rings. The SMILES string of the molecule is CCOc1cc(C(=O)N(c2ccc(C)c(Cl)c2)C2C=CS(=O)(=O)C2)cc(OCC)c1OCC. The summed E-state index contributed by atoms with van der Waals surface area (Å²) in [5.74, 6) is 0.561. The van der Waals surface area contributed by atoms with Crippen LogP contribution in [-0.2, 0) is 9.84 Å². The highest BCUT2D eigenvalue weighted by atomic mass is 35.5. The average molecular weight is 494 g/mol. The van der Waals surface area contributed by atoms with Gasteiger partial charge in [-0.3, -0.25) is 4.79 Å². The van der Waals surface area contributed by atoms with Crippen LogP contribution in [0.3, 0.4) is 0 Å². The summed E-state index contributed by atoms with van der Waals surface area (Å²) in [5.41, 5.74) is 1.62. The number of amides is 1. The van der Waals surface area contributed by atoms with Crippen molar-refractivity contribution < 1.29 is 27.4 Å². The first-order valence-corrected chi connectivity index (χ1v) is 12.9. The van der Waals surface area contributed by atoms with Gasteiger partial charge in [-0.1, -0.05) is 17.7 Å². The van der Waals surface area contributed by atoms with Gasteiger partial charge in [-0.15, -0.1) is 0 Å². The lowest BCUT2D eigenvalue weighted by atomic mass is 10.1. The largest absolute Gasteiger partial charge is 0.490 e. The Morgan fingerprint density at radius 1 is 1.03 bits per heavy atom. The van der Waals surface area contributed by atoms with Crippen molar-refractivity contribution in [3.8, 4) is 17.2 Å². The molecule has 1 amide bonds. The van der Waals surface area contributed by atoms with Gasteiger partial charge in [0.25, 0.3) is 5.91 Å². The molecule has 1 aliphatic heterocycles. The number of nitrogens with zero attached hydrogens (tertiary/aromatic N) is 1. The van der Waals surface area contributed by atoms with Crippen molar-refractivity contribution in [1.82, 2.24) is 0 Å². The zero-order chi connectivity index (χ0) is 24.2. The molecule has 0 fully saturated rings. The number of anilines is 1. The minimum atomic E-state index is -3.41. The number of carbonyl (C=O) groups is 1. The highest BCUT2D eigenvalue weighted by Gasteiger charge is 2.33. The molecule has 0 radical (unpaired) electrons. The molecule has 178 valence electrons. The van der Waals surface area contributed by atoms with E-state index >= 15 is 0 Å². The molecule has 0 bridgehead atoms. The van der Waals surface area contributed by atoms with Crippen molar-refractivity contribution in [2.75, 3.05) is 30.5 Å². The molecule has 0 aliphatic carbocycles. The molecule has 0 spiro atoms. The van der Waals surface area contributed by atoms with Crippen LogP contribution in [0, 0.1) is 6.92 Å². The number of carbonyl (C=O) groups excluding carboxylic acids is 1. The highest BCUT2D eigenvalue weighted by Crippen LogP contribution is 2.40. The summed E-state index contributed by atoms with van der Waals surface area (Å²) in [4.78, 5) is 15.3. The third kappa shape index (κ3) is 5.62. The van der Waals surface area contributed by atoms with Crippen LogP contribution in [0.1, 0.15) is 36.7 Å². The molecule has 1 aliphatic rings. The van der Waals surface area contributed by atoms with Crippen molar-refractivity contribution in [2.45, 2.75) is 33.7 Å². The average Bonchev–Trinajstić information content (AvgIpc) is 3.12. The minimum Gasteiger partial charge on any atom is -0.490 e. The van der Waals surface area contributed by atoms with E-state index in [0.29, 0.717) is 47.8 Å². The molecule has 33 heavy (non-hydrogen) atoms. The van der Waals surface area contributed by atoms with Crippen LogP contribution in [0.4, 0.5) is 5.69 Å². The first-order valence-electron chi connectivity index (χ1n) is 10.8. The number of rotatable bonds is 9. The number of benzene rings is 2. The predicted octanol–water partition coefficient (Wildman–Crippen LogP) is 4.80. The minimum absolute atomic E-state index is 0.210. The van der Waals surface area contributed by atoms with Gasteiger partial charge in [0.1, 0.15) is 0 Å². The van der Waals surface area contributed by atoms with Gasteiger partial charge in [0.2, 0.25) is 5.75 Å². The van der Waals surface area contributed by atoms with Gasteiger partial charge in [-0.2, -0.15) is 0 Å². The predicted molar refractivity (Wildman–Crippen MR) is 130 cm³/mol. The maximum absolute atomic E-state index is 13.8. The van der Waals surface area contributed by atoms with Crippen molar-refractivity contribution in [1.29, 1.82) is 0 Å². The lowest BCUT2D eigenvalue weighted by molar-refractivity contribution is 0.0982. The molecule has 1 atom stereocenters. The molecule has 1 unspecified atom stereocenters. The van der Waals surface area contributed by atoms with E-state index in [9.17, 15) is 13.2 Å². The number of halogens is 1. The van der Waals surface area contributed by atoms with E-state index in [1.807, 2.05) is 27.7 Å². The van der Waals surface area contributed by atoms with Gasteiger partial charge in [0.05, 0.1) is 31.6 Å². The quantitative estimate of drug-likeness (QED) is 0.499. The van der Waals surface area contributed by atoms with Crippen molar-refractivity contribution in [3.63, 3.8) is 0 Å². The summed E-state index contributed by atoms with van der Waals surface area (Å²) in [6, 6.07) is 7.71. The Labute approximate surface area is 199 Å². The monoisotopic (exact) mass is 493 g/mol. The van der Waals surface area contributed by atoms with E-state index in [1.54, 1.807) is 30.3 Å². The van der Waals surface area contributed by atoms with Crippen LogP contribution in [0.5, 0.6) is 17.2 Å². The van der Waals surface area contributed by atoms with E-state index in [2.05, 4.69) is 0 Å². The Morgan fingerprint density at radius 2 is 1.64 bits per heavy atom. The smallest absolute Gasteiger partial charge is 0.259 e. The fourth-order valence-corrected chi connectivity index (χ4v) is 5.01. The summed E-state index contributed by atoms with van der Waals surface area (Å²) in [6.07, 6.45) is 1.52. The second kappa shape index (κ2) is 10.5. The Bertz CT molecular complexity index is 1130. The normalized spacial score (nSPS) is 16.5. The Hall–Kier alpha value is -2.71. The fourth-order valence-electron chi connectivity index (χ4n) is 3.56. The lowest BCUT2D eigenvalue weighted by Gasteiger charge is -2.29. The summed E-state index contributed by atoms with van der Waals surface area (Å²) in [6.45, 7) is 8.49. The van der Waals surface area contributed by atoms with Crippen molar-refractivity contribution in [2.24, 2.45) is 0 Å². The maximum Gasteiger partial charge on any atom is 0.259 e. The van der Waals surface area contributed by atoms with Gasteiger partial charge in [-0.25, -0.2) is 8.42 Å². The molecule has 0 saturated heterocycles. The van der Waals surface area contributed by atoms with Gasteiger partial charge >= 0.3 is 0 Å². The topological polar surface area (TPSA) is 82.1 Å². The van der Waals surface area contributed by atoms with E-state index in [4.69, 9.17) is 25.8 Å². The van der Waals surface area contributed by atoms with Crippen LogP contribution >= 0.6 is 11.6 Å². The third-order valence-corrected chi connectivity index (χ3v) is 6.84. The molecule has 3 rings (SSSR count). The first kappa shape index (κ1) is 24.9.